The van der Waals surface area contributed by atoms with Gasteiger partial charge in [-0.1, -0.05) is 0 Å². The summed E-state index contributed by atoms with van der Waals surface area (Å²) in [6, 6.07) is 5.63. The van der Waals surface area contributed by atoms with Crippen LogP contribution < -0.4 is 11.1 Å². The highest BCUT2D eigenvalue weighted by Crippen LogP contribution is 2.21. The van der Waals surface area contributed by atoms with Crippen LogP contribution in [-0.2, 0) is 7.05 Å². The van der Waals surface area contributed by atoms with Gasteiger partial charge in [0.05, 0.1) is 17.8 Å². The van der Waals surface area contributed by atoms with Crippen molar-refractivity contribution in [2.24, 2.45) is 7.05 Å². The van der Waals surface area contributed by atoms with Crippen molar-refractivity contribution in [3.05, 3.63) is 46.7 Å². The van der Waals surface area contributed by atoms with Gasteiger partial charge in [0.15, 0.2) is 5.58 Å². The summed E-state index contributed by atoms with van der Waals surface area (Å²) in [5, 5.41) is 7.50. The first-order valence-corrected chi connectivity index (χ1v) is 6.00. The maximum Gasteiger partial charge on any atom is 0.417 e. The molecular weight excluding hydrogens is 244 g/mol. The SMILES string of the molecule is CC(Nc1ccc2oc(=O)[nH]c2c1)c1cnn(C)c1. The number of nitrogens with one attached hydrogen (secondary N) is 2. The molecule has 0 saturated carbocycles. The highest BCUT2D eigenvalue weighted by Gasteiger charge is 2.08. The molecule has 1 unspecified atom stereocenters. The van der Waals surface area contributed by atoms with Gasteiger partial charge in [0.1, 0.15) is 0 Å². The van der Waals surface area contributed by atoms with Gasteiger partial charge < -0.3 is 9.73 Å². The number of benzene rings is 1. The van der Waals surface area contributed by atoms with E-state index in [1.807, 2.05) is 31.6 Å². The van der Waals surface area contributed by atoms with Crippen LogP contribution in [0.1, 0.15) is 18.5 Å². The van der Waals surface area contributed by atoms with Gasteiger partial charge in [0.25, 0.3) is 0 Å². The van der Waals surface area contributed by atoms with Crippen LogP contribution >= 0.6 is 0 Å². The summed E-state index contributed by atoms with van der Waals surface area (Å²) in [6.07, 6.45) is 3.80. The molecule has 0 saturated heterocycles. The Hall–Kier alpha value is -2.50. The summed E-state index contributed by atoms with van der Waals surface area (Å²) in [7, 11) is 1.89. The molecule has 0 spiro atoms. The fourth-order valence-corrected chi connectivity index (χ4v) is 2.04. The molecule has 0 amide bonds. The van der Waals surface area contributed by atoms with Crippen LogP contribution in [0, 0.1) is 0 Å². The van der Waals surface area contributed by atoms with E-state index >= 15 is 0 Å². The van der Waals surface area contributed by atoms with E-state index in [0.717, 1.165) is 11.3 Å². The van der Waals surface area contributed by atoms with Crippen molar-refractivity contribution in [3.8, 4) is 0 Å². The number of anilines is 1. The maximum absolute atomic E-state index is 11.1. The summed E-state index contributed by atoms with van der Waals surface area (Å²) < 4.78 is 6.73. The van der Waals surface area contributed by atoms with Crippen LogP contribution in [0.2, 0.25) is 0 Å². The Kier molecular flexibility index (Phi) is 2.63. The van der Waals surface area contributed by atoms with Crippen molar-refractivity contribution in [1.29, 1.82) is 0 Å². The van der Waals surface area contributed by atoms with Crippen LogP contribution in [0.3, 0.4) is 0 Å². The number of hydrogen-bond acceptors (Lipinski definition) is 4. The number of rotatable bonds is 3. The molecule has 2 N–H and O–H groups in total. The third-order valence-electron chi connectivity index (χ3n) is 3.03. The first kappa shape index (κ1) is 11.6. The van der Waals surface area contributed by atoms with E-state index in [1.54, 1.807) is 10.7 Å². The zero-order chi connectivity index (χ0) is 13.4. The molecule has 0 fully saturated rings. The van der Waals surface area contributed by atoms with Crippen molar-refractivity contribution in [2.45, 2.75) is 13.0 Å². The Morgan fingerprint density at radius 2 is 2.32 bits per heavy atom. The van der Waals surface area contributed by atoms with Crippen molar-refractivity contribution in [2.75, 3.05) is 5.32 Å². The molecule has 3 rings (SSSR count). The summed E-state index contributed by atoms with van der Waals surface area (Å²) >= 11 is 0. The quantitative estimate of drug-likeness (QED) is 0.753. The van der Waals surface area contributed by atoms with Gasteiger partial charge >= 0.3 is 5.76 Å². The number of aryl methyl sites for hydroxylation is 1. The third kappa shape index (κ3) is 2.24. The van der Waals surface area contributed by atoms with Crippen LogP contribution in [0.25, 0.3) is 11.1 Å². The number of hydrogen-bond donors (Lipinski definition) is 2. The van der Waals surface area contributed by atoms with Gasteiger partial charge in [-0.05, 0) is 25.1 Å². The number of aromatic amines is 1. The fraction of sp³-hybridized carbons (Fsp3) is 0.231. The predicted molar refractivity (Wildman–Crippen MR) is 72.1 cm³/mol. The normalized spacial score (nSPS) is 12.7. The molecule has 0 aliphatic carbocycles. The Bertz CT molecular complexity index is 768. The number of aromatic nitrogens is 3. The molecule has 2 aromatic heterocycles. The fourth-order valence-electron chi connectivity index (χ4n) is 2.04. The highest BCUT2D eigenvalue weighted by molar-refractivity contribution is 5.76. The monoisotopic (exact) mass is 258 g/mol. The van der Waals surface area contributed by atoms with Gasteiger partial charge in [-0.25, -0.2) is 4.79 Å². The Balaban J connectivity index is 1.86. The molecule has 3 aromatic rings. The molecule has 2 heterocycles. The van der Waals surface area contributed by atoms with Gasteiger partial charge in [0, 0.05) is 24.5 Å². The van der Waals surface area contributed by atoms with Crippen LogP contribution in [0.5, 0.6) is 0 Å². The third-order valence-corrected chi connectivity index (χ3v) is 3.03. The highest BCUT2D eigenvalue weighted by atomic mass is 16.4. The first-order valence-electron chi connectivity index (χ1n) is 6.00. The van der Waals surface area contributed by atoms with Crippen molar-refractivity contribution >= 4 is 16.8 Å². The second-order valence-electron chi connectivity index (χ2n) is 4.54. The average molecular weight is 258 g/mol. The lowest BCUT2D eigenvalue weighted by Gasteiger charge is -2.13. The van der Waals surface area contributed by atoms with E-state index < -0.39 is 5.76 Å². The topological polar surface area (TPSA) is 75.8 Å². The van der Waals surface area contributed by atoms with E-state index in [2.05, 4.69) is 22.3 Å². The number of H-pyrrole nitrogens is 1. The van der Waals surface area contributed by atoms with Crippen LogP contribution in [0.4, 0.5) is 5.69 Å². The van der Waals surface area contributed by atoms with Crippen LogP contribution in [-0.4, -0.2) is 14.8 Å². The molecule has 6 nitrogen and oxygen atoms in total. The summed E-state index contributed by atoms with van der Waals surface area (Å²) in [5.74, 6) is -0.438. The Morgan fingerprint density at radius 1 is 1.47 bits per heavy atom. The zero-order valence-corrected chi connectivity index (χ0v) is 10.7. The van der Waals surface area contributed by atoms with E-state index in [9.17, 15) is 4.79 Å². The Labute approximate surface area is 109 Å². The average Bonchev–Trinajstić information content (AvgIpc) is 2.93. The lowest BCUT2D eigenvalue weighted by atomic mass is 10.2. The molecule has 0 aliphatic heterocycles. The van der Waals surface area contributed by atoms with Crippen molar-refractivity contribution < 1.29 is 4.42 Å². The van der Waals surface area contributed by atoms with E-state index in [0.29, 0.717) is 11.1 Å². The maximum atomic E-state index is 11.1. The summed E-state index contributed by atoms with van der Waals surface area (Å²) in [6.45, 7) is 2.05. The molecular formula is C13H14N4O2. The predicted octanol–water partition coefficient (Wildman–Crippen LogP) is 2.03. The molecule has 0 bridgehead atoms. The minimum absolute atomic E-state index is 0.129. The van der Waals surface area contributed by atoms with Crippen LogP contribution in [0.15, 0.2) is 39.8 Å². The summed E-state index contributed by atoms with van der Waals surface area (Å²) in [5.41, 5.74) is 3.27. The van der Waals surface area contributed by atoms with Gasteiger partial charge in [-0.2, -0.15) is 5.10 Å². The smallest absolute Gasteiger partial charge is 0.408 e. The molecule has 19 heavy (non-hydrogen) atoms. The lowest BCUT2D eigenvalue weighted by molar-refractivity contribution is 0.555. The standard InChI is InChI=1S/C13H14N4O2/c1-8(9-6-14-17(2)7-9)15-10-3-4-12-11(5-10)16-13(18)19-12/h3-8,15H,1-2H3,(H,16,18). The second kappa shape index (κ2) is 4.31. The van der Waals surface area contributed by atoms with Gasteiger partial charge in [0.2, 0.25) is 0 Å². The largest absolute Gasteiger partial charge is 0.417 e. The van der Waals surface area contributed by atoms with Gasteiger partial charge in [-0.15, -0.1) is 0 Å². The molecule has 1 aromatic carbocycles. The van der Waals surface area contributed by atoms with Crippen molar-refractivity contribution in [1.82, 2.24) is 14.8 Å². The second-order valence-corrected chi connectivity index (χ2v) is 4.54. The molecule has 6 heteroatoms. The Morgan fingerprint density at radius 3 is 3.05 bits per heavy atom. The van der Waals surface area contributed by atoms with E-state index in [1.165, 1.54) is 0 Å². The molecule has 98 valence electrons. The minimum atomic E-state index is -0.438. The number of oxazole rings is 1. The first-order chi connectivity index (χ1) is 9.11. The zero-order valence-electron chi connectivity index (χ0n) is 10.7. The number of fused-ring (bicyclic) bond motifs is 1. The molecule has 1 atom stereocenters. The lowest BCUT2D eigenvalue weighted by Crippen LogP contribution is -2.05. The number of nitrogens with zero attached hydrogens (tertiary/aromatic N) is 2. The summed E-state index contributed by atoms with van der Waals surface area (Å²) in [4.78, 5) is 13.7. The molecule has 0 aliphatic rings. The van der Waals surface area contributed by atoms with E-state index in [4.69, 9.17) is 4.42 Å². The van der Waals surface area contributed by atoms with Gasteiger partial charge in [-0.3, -0.25) is 9.67 Å². The van der Waals surface area contributed by atoms with Crippen molar-refractivity contribution in [3.63, 3.8) is 0 Å². The minimum Gasteiger partial charge on any atom is -0.408 e. The molecule has 0 radical (unpaired) electrons. The van der Waals surface area contributed by atoms with E-state index in [-0.39, 0.29) is 6.04 Å².